The zero-order chi connectivity index (χ0) is 3.58. The fourth-order valence-electron chi connectivity index (χ4n) is 0. The van der Waals surface area contributed by atoms with Gasteiger partial charge < -0.3 is 0 Å². The summed E-state index contributed by atoms with van der Waals surface area (Å²) in [7, 11) is 0. The molecule has 0 atom stereocenters. The summed E-state index contributed by atoms with van der Waals surface area (Å²) in [4.78, 5) is 0. The molecule has 0 rings (SSSR count). The molecule has 0 saturated carbocycles. The van der Waals surface area contributed by atoms with Crippen molar-refractivity contribution >= 4 is 31.1 Å². The van der Waals surface area contributed by atoms with E-state index >= 15 is 0 Å². The minimum atomic E-state index is -0.139. The molecule has 0 nitrogen and oxygen atoms in total. The predicted octanol–water partition coefficient (Wildman–Crippen LogP) is 1.95. The summed E-state index contributed by atoms with van der Waals surface area (Å²) in [6, 6.07) is 0. The molecule has 0 aliphatic carbocycles. The van der Waals surface area contributed by atoms with Crippen LogP contribution in [0.5, 0.6) is 0 Å². The van der Waals surface area contributed by atoms with Gasteiger partial charge in [0.25, 0.3) is 14.1 Å². The lowest BCUT2D eigenvalue weighted by Gasteiger charge is -1.67. The molecule has 0 unspecified atom stereocenters. The van der Waals surface area contributed by atoms with Crippen molar-refractivity contribution in [1.82, 2.24) is 0 Å². The zero-order valence-electron chi connectivity index (χ0n) is 3.99. The van der Waals surface area contributed by atoms with Crippen LogP contribution in [-0.2, 0) is 0 Å². The summed E-state index contributed by atoms with van der Waals surface area (Å²) in [5.74, 6) is 6.92. The van der Waals surface area contributed by atoms with Crippen molar-refractivity contribution in [1.29, 1.82) is 0 Å². The molecule has 0 radical (unpaired) electrons. The third kappa shape index (κ3) is 44.4. The Bertz CT molecular complexity index is 11.6. The van der Waals surface area contributed by atoms with E-state index < -0.39 is 0 Å². The Labute approximate surface area is 48.7 Å². The fraction of sp³-hybridized carbons (Fsp3) is 1.00. The molecule has 0 bridgehead atoms. The maximum absolute atomic E-state index is 2.31. The van der Waals surface area contributed by atoms with Gasteiger partial charge >= 0.3 is 0 Å². The first-order valence-electron chi connectivity index (χ1n) is 1.73. The van der Waals surface area contributed by atoms with E-state index in [-0.39, 0.29) is 31.1 Å². The van der Waals surface area contributed by atoms with E-state index in [1.807, 2.05) is 0 Å². The third-order valence-electron chi connectivity index (χ3n) is 0. The average molecular weight is 153 g/mol. The summed E-state index contributed by atoms with van der Waals surface area (Å²) in [5.41, 5.74) is 0. The Kier molecular flexibility index (Phi) is 9.41. The third-order valence-corrected chi connectivity index (χ3v) is 0. The highest BCUT2D eigenvalue weighted by molar-refractivity contribution is 8.93. The second-order valence-electron chi connectivity index (χ2n) is 1.73. The van der Waals surface area contributed by atoms with Gasteiger partial charge in [0.15, 0.2) is 0 Å². The van der Waals surface area contributed by atoms with Gasteiger partial charge in [0.2, 0.25) is 0 Å². The molecule has 0 aromatic carbocycles. The van der Waals surface area contributed by atoms with Crippen molar-refractivity contribution in [3.63, 3.8) is 0 Å². The van der Waals surface area contributed by atoms with E-state index in [1.54, 1.807) is 0 Å². The van der Waals surface area contributed by atoms with Crippen LogP contribution in [0, 0.1) is 0 Å². The second kappa shape index (κ2) is 5.01. The van der Waals surface area contributed by atoms with Crippen LogP contribution in [0.4, 0.5) is 0 Å². The van der Waals surface area contributed by atoms with Gasteiger partial charge in [-0.05, 0) is 0 Å². The average Bonchev–Trinajstić information content (AvgIpc) is 0.811. The topological polar surface area (TPSA) is 0 Å². The van der Waals surface area contributed by atoms with Crippen molar-refractivity contribution in [2.24, 2.45) is 0 Å². The van der Waals surface area contributed by atoms with Crippen molar-refractivity contribution in [2.75, 3.05) is 0 Å². The van der Waals surface area contributed by atoms with E-state index in [0.29, 0.717) is 0 Å². The molecule has 0 aromatic rings. The molecule has 0 amide bonds. The quantitative estimate of drug-likeness (QED) is 0.466. The van der Waals surface area contributed by atoms with Crippen LogP contribution in [0.2, 0.25) is 17.4 Å². The molecule has 0 N–H and O–H groups in total. The SMILES string of the molecule is Br.[CH3][Al]([CH3])[CH3]. The Balaban J connectivity index is 0. The van der Waals surface area contributed by atoms with Crippen LogP contribution in [0.3, 0.4) is 0 Å². The standard InChI is InChI=1S/3CH3.Al.BrH/h3*1H3;;1H. The maximum Gasteiger partial charge on any atom is 0.251 e. The first kappa shape index (κ1) is 9.38. The summed E-state index contributed by atoms with van der Waals surface area (Å²) < 4.78 is 0. The van der Waals surface area contributed by atoms with Gasteiger partial charge in [0, 0.05) is 0 Å². The minimum Gasteiger partial charge on any atom is -0.114 e. The van der Waals surface area contributed by atoms with Gasteiger partial charge in [0.05, 0.1) is 0 Å². The molecule has 0 saturated heterocycles. The molecule has 0 fully saturated rings. The molecule has 2 heteroatoms. The van der Waals surface area contributed by atoms with Crippen molar-refractivity contribution in [2.45, 2.75) is 17.4 Å². The van der Waals surface area contributed by atoms with Crippen LogP contribution in [0.1, 0.15) is 0 Å². The van der Waals surface area contributed by atoms with Crippen molar-refractivity contribution in [3.8, 4) is 0 Å². The summed E-state index contributed by atoms with van der Waals surface area (Å²) in [5, 5.41) is 0. The van der Waals surface area contributed by atoms with Crippen LogP contribution in [0.25, 0.3) is 0 Å². The lowest BCUT2D eigenvalue weighted by molar-refractivity contribution is 1.91. The number of hydrogen-bond acceptors (Lipinski definition) is 0. The van der Waals surface area contributed by atoms with Gasteiger partial charge in [-0.25, -0.2) is 0 Å². The van der Waals surface area contributed by atoms with Crippen LogP contribution >= 0.6 is 17.0 Å². The zero-order valence-corrected chi connectivity index (χ0v) is 6.85. The summed E-state index contributed by atoms with van der Waals surface area (Å²) in [6.45, 7) is 0. The minimum absolute atomic E-state index is 0. The molecule has 0 heterocycles. The fourth-order valence-corrected chi connectivity index (χ4v) is 0. The lowest BCUT2D eigenvalue weighted by atomic mass is 11.8. The first-order chi connectivity index (χ1) is 1.73. The normalized spacial score (nSPS) is 5.40. The van der Waals surface area contributed by atoms with Crippen LogP contribution in [-0.4, -0.2) is 14.1 Å². The summed E-state index contributed by atoms with van der Waals surface area (Å²) >= 11 is -0.139. The lowest BCUT2D eigenvalue weighted by Crippen LogP contribution is -1.84. The maximum atomic E-state index is 2.31. The van der Waals surface area contributed by atoms with Crippen LogP contribution in [0.15, 0.2) is 0 Å². The Hall–Kier alpha value is 1.01. The van der Waals surface area contributed by atoms with Gasteiger partial charge in [-0.15, -0.1) is 34.3 Å². The van der Waals surface area contributed by atoms with Gasteiger partial charge in [-0.2, -0.15) is 0 Å². The Morgan fingerprint density at radius 3 is 1.00 bits per heavy atom. The van der Waals surface area contributed by atoms with E-state index in [4.69, 9.17) is 0 Å². The highest BCUT2D eigenvalue weighted by Gasteiger charge is 1.81. The molecule has 32 valence electrons. The monoisotopic (exact) mass is 152 g/mol. The van der Waals surface area contributed by atoms with Gasteiger partial charge in [-0.3, -0.25) is 0 Å². The van der Waals surface area contributed by atoms with Gasteiger partial charge in [0.1, 0.15) is 0 Å². The molecule has 0 aliphatic rings. The Morgan fingerprint density at radius 1 is 1.00 bits per heavy atom. The van der Waals surface area contributed by atoms with Gasteiger partial charge in [-0.1, -0.05) is 0 Å². The summed E-state index contributed by atoms with van der Waals surface area (Å²) in [6.07, 6.45) is 0. The molecule has 5 heavy (non-hydrogen) atoms. The largest absolute Gasteiger partial charge is 0.251 e. The molecule has 0 aromatic heterocycles. The van der Waals surface area contributed by atoms with Crippen LogP contribution < -0.4 is 0 Å². The number of halogens is 1. The smallest absolute Gasteiger partial charge is 0.114 e. The first-order valence-corrected chi connectivity index (χ1v) is 5.20. The van der Waals surface area contributed by atoms with E-state index in [9.17, 15) is 0 Å². The van der Waals surface area contributed by atoms with E-state index in [2.05, 4.69) is 17.4 Å². The molecule has 0 spiro atoms. The van der Waals surface area contributed by atoms with Crippen molar-refractivity contribution in [3.05, 3.63) is 0 Å². The second-order valence-corrected chi connectivity index (χ2v) is 5.20. The number of hydrogen-bond donors (Lipinski definition) is 0. The van der Waals surface area contributed by atoms with E-state index in [1.165, 1.54) is 0 Å². The number of rotatable bonds is 0. The molecule has 0 aliphatic heterocycles. The van der Waals surface area contributed by atoms with E-state index in [0.717, 1.165) is 0 Å². The Morgan fingerprint density at radius 2 is 1.00 bits per heavy atom. The molecular formula is C3H10AlBr. The molecular weight excluding hydrogens is 143 g/mol. The predicted molar refractivity (Wildman–Crippen MR) is 33.7 cm³/mol. The van der Waals surface area contributed by atoms with Crippen molar-refractivity contribution < 1.29 is 0 Å². The highest BCUT2D eigenvalue weighted by atomic mass is 79.9. The highest BCUT2D eigenvalue weighted by Crippen LogP contribution is 1.68.